The second kappa shape index (κ2) is 11.3. The fourth-order valence-electron chi connectivity index (χ4n) is 3.84. The van der Waals surface area contributed by atoms with Crippen LogP contribution in [-0.4, -0.2) is 30.4 Å². The average molecular weight is 600 g/mol. The number of fused-ring (bicyclic) bond motifs is 1. The van der Waals surface area contributed by atoms with Gasteiger partial charge in [-0.05, 0) is 36.4 Å². The van der Waals surface area contributed by atoms with Crippen molar-refractivity contribution in [2.45, 2.75) is 6.10 Å². The van der Waals surface area contributed by atoms with Crippen LogP contribution in [0, 0.1) is 5.92 Å². The number of carbonyl (C=O) groups excluding carboxylic acids is 3. The normalized spacial score (nSPS) is 15.6. The van der Waals surface area contributed by atoms with Gasteiger partial charge >= 0.3 is 5.97 Å². The van der Waals surface area contributed by atoms with Gasteiger partial charge in [0.2, 0.25) is 0 Å². The molecule has 12 heteroatoms. The van der Waals surface area contributed by atoms with E-state index in [4.69, 9.17) is 62.7 Å². The largest absolute Gasteiger partial charge is 0.453 e. The molecule has 0 aliphatic carbocycles. The summed E-state index contributed by atoms with van der Waals surface area (Å²) in [7, 11) is 1.45. The van der Waals surface area contributed by atoms with E-state index in [0.717, 1.165) is 0 Å². The Hall–Kier alpha value is -2.81. The summed E-state index contributed by atoms with van der Waals surface area (Å²) in [5.74, 6) is -3.39. The number of carbonyl (C=O) groups is 3. The first-order valence-electron chi connectivity index (χ1n) is 10.6. The standard InChI is InChI=1S/C25H16Cl5N3O4/c1-31-33-21(24(35)32-19-10-17(29)16(28)9-18(19)30)20(22(34)11-6-7-14(26)15(27)8-11)23-12-4-2-3-5-13(12)25(36)37-23/h2-10,20,23,31H,1H3,(H,32,35)/b33-21-/t20-,23+/m1/s1. The Morgan fingerprint density at radius 1 is 0.892 bits per heavy atom. The van der Waals surface area contributed by atoms with Gasteiger partial charge in [-0.1, -0.05) is 76.2 Å². The van der Waals surface area contributed by atoms with Crippen LogP contribution in [0.1, 0.15) is 32.4 Å². The summed E-state index contributed by atoms with van der Waals surface area (Å²) in [6.45, 7) is 0. The molecular weight excluding hydrogens is 584 g/mol. The predicted octanol–water partition coefficient (Wildman–Crippen LogP) is 6.88. The van der Waals surface area contributed by atoms with E-state index in [1.165, 1.54) is 37.4 Å². The second-order valence-electron chi connectivity index (χ2n) is 7.80. The Balaban J connectivity index is 1.82. The molecule has 3 aromatic rings. The quantitative estimate of drug-likeness (QED) is 0.102. The SMILES string of the molecule is CN/N=C(\C(=O)Nc1cc(Cl)c(Cl)cc1Cl)[C@H](C(=O)c1ccc(Cl)c(Cl)c1)[C@H]1OC(=O)c2ccccc21. The molecular formula is C25H16Cl5N3O4. The van der Waals surface area contributed by atoms with Crippen molar-refractivity contribution in [3.05, 3.63) is 96.4 Å². The highest BCUT2D eigenvalue weighted by atomic mass is 35.5. The number of halogens is 5. The number of rotatable bonds is 7. The smallest absolute Gasteiger partial charge is 0.339 e. The molecule has 1 amide bonds. The number of nitrogens with one attached hydrogen (secondary N) is 2. The van der Waals surface area contributed by atoms with Gasteiger partial charge < -0.3 is 15.5 Å². The average Bonchev–Trinajstić information content (AvgIpc) is 3.20. The number of cyclic esters (lactones) is 1. The van der Waals surface area contributed by atoms with Gasteiger partial charge in [0, 0.05) is 18.2 Å². The Bertz CT molecular complexity index is 1460. The molecule has 2 atom stereocenters. The zero-order valence-electron chi connectivity index (χ0n) is 18.8. The van der Waals surface area contributed by atoms with Crippen LogP contribution in [0.4, 0.5) is 5.69 Å². The van der Waals surface area contributed by atoms with Gasteiger partial charge in [0.1, 0.15) is 17.7 Å². The maximum Gasteiger partial charge on any atom is 0.339 e. The first kappa shape index (κ1) is 27.2. The number of Topliss-reactive ketones (excluding diaryl/α,β-unsaturated/α-hetero) is 1. The minimum absolute atomic E-state index is 0.108. The van der Waals surface area contributed by atoms with Crippen molar-refractivity contribution in [2.75, 3.05) is 12.4 Å². The third-order valence-corrected chi connectivity index (χ3v) is 7.30. The number of benzene rings is 3. The molecule has 2 N–H and O–H groups in total. The van der Waals surface area contributed by atoms with Gasteiger partial charge in [-0.3, -0.25) is 9.59 Å². The molecule has 0 bridgehead atoms. The number of hydrogen-bond acceptors (Lipinski definition) is 6. The molecule has 0 saturated heterocycles. The zero-order valence-corrected chi connectivity index (χ0v) is 22.6. The lowest BCUT2D eigenvalue weighted by molar-refractivity contribution is -0.110. The Kier molecular flexibility index (Phi) is 8.31. The van der Waals surface area contributed by atoms with Crippen molar-refractivity contribution in [3.8, 4) is 0 Å². The zero-order chi connectivity index (χ0) is 26.9. The number of hydrazone groups is 1. The summed E-state index contributed by atoms with van der Waals surface area (Å²) in [5.41, 5.74) is 3.22. The Labute approximate surface area is 236 Å². The number of esters is 1. The fourth-order valence-corrected chi connectivity index (χ4v) is 4.73. The second-order valence-corrected chi connectivity index (χ2v) is 9.84. The minimum Gasteiger partial charge on any atom is -0.453 e. The molecule has 0 radical (unpaired) electrons. The van der Waals surface area contributed by atoms with Crippen molar-refractivity contribution in [1.29, 1.82) is 0 Å². The van der Waals surface area contributed by atoms with E-state index < -0.39 is 29.7 Å². The number of anilines is 1. The number of nitrogens with zero attached hydrogens (tertiary/aromatic N) is 1. The van der Waals surface area contributed by atoms with E-state index in [0.29, 0.717) is 5.56 Å². The highest BCUT2D eigenvalue weighted by Crippen LogP contribution is 2.39. The van der Waals surface area contributed by atoms with Crippen LogP contribution in [0.25, 0.3) is 0 Å². The van der Waals surface area contributed by atoms with Gasteiger partial charge in [0.05, 0.1) is 36.4 Å². The lowest BCUT2D eigenvalue weighted by atomic mass is 9.84. The van der Waals surface area contributed by atoms with Crippen LogP contribution >= 0.6 is 58.0 Å². The van der Waals surface area contributed by atoms with Gasteiger partial charge in [-0.25, -0.2) is 4.79 Å². The van der Waals surface area contributed by atoms with E-state index in [1.807, 2.05) is 0 Å². The summed E-state index contributed by atoms with van der Waals surface area (Å²) < 4.78 is 5.60. The molecule has 1 aliphatic rings. The van der Waals surface area contributed by atoms with Crippen molar-refractivity contribution < 1.29 is 19.1 Å². The predicted molar refractivity (Wildman–Crippen MR) is 145 cm³/mol. The number of ether oxygens (including phenoxy) is 1. The summed E-state index contributed by atoms with van der Waals surface area (Å²) in [4.78, 5) is 40.1. The number of hydrogen-bond donors (Lipinski definition) is 2. The van der Waals surface area contributed by atoms with Crippen molar-refractivity contribution >= 4 is 87.1 Å². The molecule has 0 spiro atoms. The maximum atomic E-state index is 13.9. The van der Waals surface area contributed by atoms with Crippen LogP contribution in [0.3, 0.4) is 0 Å². The van der Waals surface area contributed by atoms with Gasteiger partial charge in [-0.2, -0.15) is 5.10 Å². The molecule has 4 rings (SSSR count). The molecule has 190 valence electrons. The monoisotopic (exact) mass is 597 g/mol. The Morgan fingerprint density at radius 3 is 2.27 bits per heavy atom. The first-order valence-corrected chi connectivity index (χ1v) is 12.5. The fraction of sp³-hybridized carbons (Fsp3) is 0.120. The summed E-state index contributed by atoms with van der Waals surface area (Å²) in [6, 6.07) is 13.6. The third-order valence-electron chi connectivity index (χ3n) is 5.53. The van der Waals surface area contributed by atoms with Crippen molar-refractivity contribution in [1.82, 2.24) is 5.43 Å². The van der Waals surface area contributed by atoms with Crippen LogP contribution < -0.4 is 10.7 Å². The van der Waals surface area contributed by atoms with Crippen molar-refractivity contribution in [2.24, 2.45) is 11.0 Å². The van der Waals surface area contributed by atoms with E-state index in [1.54, 1.807) is 24.3 Å². The lowest BCUT2D eigenvalue weighted by Gasteiger charge is -2.24. The van der Waals surface area contributed by atoms with E-state index in [9.17, 15) is 14.4 Å². The molecule has 0 aromatic heterocycles. The number of ketones is 1. The molecule has 1 heterocycles. The molecule has 0 saturated carbocycles. The molecule has 7 nitrogen and oxygen atoms in total. The summed E-state index contributed by atoms with van der Waals surface area (Å²) >= 11 is 30.5. The van der Waals surface area contributed by atoms with E-state index in [-0.39, 0.29) is 47.6 Å². The topological polar surface area (TPSA) is 96.9 Å². The summed E-state index contributed by atoms with van der Waals surface area (Å²) in [5, 5.41) is 7.53. The Morgan fingerprint density at radius 2 is 1.57 bits per heavy atom. The van der Waals surface area contributed by atoms with Crippen LogP contribution in [0.15, 0.2) is 59.7 Å². The third kappa shape index (κ3) is 5.56. The highest BCUT2D eigenvalue weighted by molar-refractivity contribution is 6.49. The number of amides is 1. The van der Waals surface area contributed by atoms with Gasteiger partial charge in [-0.15, -0.1) is 0 Å². The molecule has 0 unspecified atom stereocenters. The first-order chi connectivity index (χ1) is 17.6. The van der Waals surface area contributed by atoms with Crippen LogP contribution in [0.5, 0.6) is 0 Å². The van der Waals surface area contributed by atoms with Gasteiger partial charge in [0.25, 0.3) is 5.91 Å². The van der Waals surface area contributed by atoms with Crippen LogP contribution in [0.2, 0.25) is 25.1 Å². The molecule has 3 aromatic carbocycles. The summed E-state index contributed by atoms with van der Waals surface area (Å²) in [6.07, 6.45) is -1.16. The highest BCUT2D eigenvalue weighted by Gasteiger charge is 2.45. The van der Waals surface area contributed by atoms with Gasteiger partial charge in [0.15, 0.2) is 5.78 Å². The molecule has 0 fully saturated rings. The molecule has 37 heavy (non-hydrogen) atoms. The lowest BCUT2D eigenvalue weighted by Crippen LogP contribution is -2.39. The minimum atomic E-state index is -1.38. The maximum absolute atomic E-state index is 13.9. The van der Waals surface area contributed by atoms with Crippen LogP contribution in [-0.2, 0) is 9.53 Å². The van der Waals surface area contributed by atoms with Crippen molar-refractivity contribution in [3.63, 3.8) is 0 Å². The van der Waals surface area contributed by atoms with E-state index >= 15 is 0 Å². The van der Waals surface area contributed by atoms with E-state index in [2.05, 4.69) is 15.8 Å². The molecule has 1 aliphatic heterocycles.